The van der Waals surface area contributed by atoms with Gasteiger partial charge < -0.3 is 11.1 Å². The Balaban J connectivity index is 2.50. The van der Waals surface area contributed by atoms with Crippen LogP contribution in [0.25, 0.3) is 0 Å². The van der Waals surface area contributed by atoms with Crippen LogP contribution < -0.4 is 11.1 Å². The number of nitrogens with two attached hydrogens (primary N) is 1. The van der Waals surface area contributed by atoms with E-state index in [1.807, 2.05) is 31.2 Å². The Morgan fingerprint density at radius 1 is 1.33 bits per heavy atom. The first kappa shape index (κ1) is 14.7. The van der Waals surface area contributed by atoms with E-state index in [0.717, 1.165) is 17.7 Å². The SMILES string of the molecule is Cc1ccccc1NC(=O)CC(N)CC(C)(C)C. The Labute approximate surface area is 110 Å². The van der Waals surface area contributed by atoms with Crippen LogP contribution in [0.2, 0.25) is 0 Å². The lowest BCUT2D eigenvalue weighted by molar-refractivity contribution is -0.116. The topological polar surface area (TPSA) is 55.1 Å². The van der Waals surface area contributed by atoms with Gasteiger partial charge in [-0.3, -0.25) is 4.79 Å². The molecular formula is C15H24N2O. The maximum atomic E-state index is 11.9. The van der Waals surface area contributed by atoms with E-state index in [1.165, 1.54) is 0 Å². The number of hydrogen-bond donors (Lipinski definition) is 2. The van der Waals surface area contributed by atoms with Gasteiger partial charge in [0.1, 0.15) is 0 Å². The molecule has 1 amide bonds. The third-order valence-electron chi connectivity index (χ3n) is 2.74. The molecule has 0 spiro atoms. The summed E-state index contributed by atoms with van der Waals surface area (Å²) in [6.07, 6.45) is 1.21. The van der Waals surface area contributed by atoms with E-state index in [9.17, 15) is 4.79 Å². The van der Waals surface area contributed by atoms with Gasteiger partial charge in [-0.15, -0.1) is 0 Å². The highest BCUT2D eigenvalue weighted by molar-refractivity contribution is 5.91. The van der Waals surface area contributed by atoms with Crippen molar-refractivity contribution in [1.82, 2.24) is 0 Å². The molecule has 0 aliphatic rings. The molecule has 1 rings (SSSR count). The Bertz CT molecular complexity index is 407. The lowest BCUT2D eigenvalue weighted by Gasteiger charge is -2.22. The van der Waals surface area contributed by atoms with Gasteiger partial charge in [-0.1, -0.05) is 39.0 Å². The molecule has 0 saturated carbocycles. The zero-order valence-electron chi connectivity index (χ0n) is 11.8. The summed E-state index contributed by atoms with van der Waals surface area (Å²) < 4.78 is 0. The van der Waals surface area contributed by atoms with Gasteiger partial charge in [-0.2, -0.15) is 0 Å². The van der Waals surface area contributed by atoms with Crippen LogP contribution in [-0.2, 0) is 4.79 Å². The number of anilines is 1. The number of nitrogens with one attached hydrogen (secondary N) is 1. The molecule has 0 saturated heterocycles. The van der Waals surface area contributed by atoms with Gasteiger partial charge in [0.25, 0.3) is 0 Å². The molecule has 0 bridgehead atoms. The Hall–Kier alpha value is -1.35. The average molecular weight is 248 g/mol. The van der Waals surface area contributed by atoms with Crippen LogP contribution in [0.1, 0.15) is 39.2 Å². The fourth-order valence-electron chi connectivity index (χ4n) is 2.01. The van der Waals surface area contributed by atoms with Crippen molar-refractivity contribution in [1.29, 1.82) is 0 Å². The summed E-state index contributed by atoms with van der Waals surface area (Å²) in [6, 6.07) is 7.66. The van der Waals surface area contributed by atoms with E-state index in [-0.39, 0.29) is 17.4 Å². The minimum absolute atomic E-state index is 0.0129. The third kappa shape index (κ3) is 5.32. The van der Waals surface area contributed by atoms with Gasteiger partial charge in [-0.25, -0.2) is 0 Å². The van der Waals surface area contributed by atoms with Crippen molar-refractivity contribution in [2.45, 2.75) is 46.6 Å². The van der Waals surface area contributed by atoms with Gasteiger partial charge in [0, 0.05) is 18.2 Å². The van der Waals surface area contributed by atoms with E-state index >= 15 is 0 Å². The molecule has 0 aliphatic heterocycles. The lowest BCUT2D eigenvalue weighted by Crippen LogP contribution is -2.31. The van der Waals surface area contributed by atoms with Crippen molar-refractivity contribution in [3.8, 4) is 0 Å². The van der Waals surface area contributed by atoms with Gasteiger partial charge in [0.2, 0.25) is 5.91 Å². The first-order valence-electron chi connectivity index (χ1n) is 6.39. The number of rotatable bonds is 4. The molecule has 18 heavy (non-hydrogen) atoms. The van der Waals surface area contributed by atoms with Crippen LogP contribution in [0, 0.1) is 12.3 Å². The third-order valence-corrected chi connectivity index (χ3v) is 2.74. The van der Waals surface area contributed by atoms with Gasteiger partial charge >= 0.3 is 0 Å². The van der Waals surface area contributed by atoms with Gasteiger partial charge in [0.15, 0.2) is 0 Å². The second-order valence-corrected chi connectivity index (χ2v) is 6.09. The van der Waals surface area contributed by atoms with Crippen LogP contribution in [0.15, 0.2) is 24.3 Å². The molecule has 1 unspecified atom stereocenters. The van der Waals surface area contributed by atoms with E-state index in [2.05, 4.69) is 26.1 Å². The summed E-state index contributed by atoms with van der Waals surface area (Å²) in [6.45, 7) is 8.37. The molecular weight excluding hydrogens is 224 g/mol. The van der Waals surface area contributed by atoms with Crippen LogP contribution >= 0.6 is 0 Å². The number of para-hydroxylation sites is 1. The fraction of sp³-hybridized carbons (Fsp3) is 0.533. The second kappa shape index (κ2) is 6.01. The molecule has 0 aromatic heterocycles. The minimum atomic E-state index is -0.0889. The zero-order valence-corrected chi connectivity index (χ0v) is 11.8. The first-order chi connectivity index (χ1) is 8.28. The molecule has 0 radical (unpaired) electrons. The van der Waals surface area contributed by atoms with E-state index in [1.54, 1.807) is 0 Å². The predicted octanol–water partition coefficient (Wildman–Crippen LogP) is 3.09. The van der Waals surface area contributed by atoms with E-state index in [0.29, 0.717) is 6.42 Å². The van der Waals surface area contributed by atoms with Crippen molar-refractivity contribution in [3.63, 3.8) is 0 Å². The highest BCUT2D eigenvalue weighted by Crippen LogP contribution is 2.21. The highest BCUT2D eigenvalue weighted by atomic mass is 16.1. The van der Waals surface area contributed by atoms with Crippen molar-refractivity contribution in [3.05, 3.63) is 29.8 Å². The number of hydrogen-bond acceptors (Lipinski definition) is 2. The first-order valence-corrected chi connectivity index (χ1v) is 6.39. The van der Waals surface area contributed by atoms with Crippen LogP contribution in [-0.4, -0.2) is 11.9 Å². The van der Waals surface area contributed by atoms with E-state index in [4.69, 9.17) is 5.73 Å². The molecule has 3 N–H and O–H groups in total. The molecule has 3 nitrogen and oxygen atoms in total. The number of aryl methyl sites for hydroxylation is 1. The molecule has 1 aromatic rings. The molecule has 0 aliphatic carbocycles. The van der Waals surface area contributed by atoms with Crippen LogP contribution in [0.3, 0.4) is 0 Å². The van der Waals surface area contributed by atoms with Crippen LogP contribution in [0.4, 0.5) is 5.69 Å². The average Bonchev–Trinajstić information content (AvgIpc) is 2.18. The van der Waals surface area contributed by atoms with Gasteiger partial charge in [0.05, 0.1) is 0 Å². The highest BCUT2D eigenvalue weighted by Gasteiger charge is 2.18. The summed E-state index contributed by atoms with van der Waals surface area (Å²) in [7, 11) is 0. The van der Waals surface area contributed by atoms with Crippen molar-refractivity contribution >= 4 is 11.6 Å². The lowest BCUT2D eigenvalue weighted by atomic mass is 9.87. The van der Waals surface area contributed by atoms with Crippen molar-refractivity contribution < 1.29 is 4.79 Å². The molecule has 1 aromatic carbocycles. The van der Waals surface area contributed by atoms with Crippen molar-refractivity contribution in [2.75, 3.05) is 5.32 Å². The minimum Gasteiger partial charge on any atom is -0.327 e. The zero-order chi connectivity index (χ0) is 13.8. The Morgan fingerprint density at radius 2 is 1.94 bits per heavy atom. The monoisotopic (exact) mass is 248 g/mol. The summed E-state index contributed by atoms with van der Waals surface area (Å²) in [5.74, 6) is -0.0129. The number of amides is 1. The van der Waals surface area contributed by atoms with Gasteiger partial charge in [-0.05, 0) is 30.4 Å². The molecule has 0 heterocycles. The Morgan fingerprint density at radius 3 is 2.50 bits per heavy atom. The molecule has 0 fully saturated rings. The Kier molecular flexibility index (Phi) is 4.91. The quantitative estimate of drug-likeness (QED) is 0.860. The standard InChI is InChI=1S/C15H24N2O/c1-11-7-5-6-8-13(11)17-14(18)9-12(16)10-15(2,3)4/h5-8,12H,9-10,16H2,1-4H3,(H,17,18). The summed E-state index contributed by atoms with van der Waals surface area (Å²) in [4.78, 5) is 11.9. The maximum absolute atomic E-state index is 11.9. The second-order valence-electron chi connectivity index (χ2n) is 6.09. The number of benzene rings is 1. The van der Waals surface area contributed by atoms with Crippen LogP contribution in [0.5, 0.6) is 0 Å². The number of carbonyl (C=O) groups is 1. The molecule has 3 heteroatoms. The maximum Gasteiger partial charge on any atom is 0.225 e. The fourth-order valence-corrected chi connectivity index (χ4v) is 2.01. The molecule has 100 valence electrons. The molecule has 1 atom stereocenters. The summed E-state index contributed by atoms with van der Waals surface area (Å²) >= 11 is 0. The predicted molar refractivity (Wildman–Crippen MR) is 76.5 cm³/mol. The normalized spacial score (nSPS) is 13.2. The summed E-state index contributed by atoms with van der Waals surface area (Å²) in [5.41, 5.74) is 8.08. The largest absolute Gasteiger partial charge is 0.327 e. The number of carbonyl (C=O) groups excluding carboxylic acids is 1. The van der Waals surface area contributed by atoms with Crippen molar-refractivity contribution in [2.24, 2.45) is 11.1 Å². The summed E-state index contributed by atoms with van der Waals surface area (Å²) in [5, 5.41) is 2.91. The smallest absolute Gasteiger partial charge is 0.225 e. The van der Waals surface area contributed by atoms with E-state index < -0.39 is 0 Å².